The third kappa shape index (κ3) is 4.11. The molecule has 2 aromatic carbocycles. The van der Waals surface area contributed by atoms with Gasteiger partial charge in [0, 0.05) is 28.2 Å². The smallest absolute Gasteiger partial charge is 0.230 e. The van der Waals surface area contributed by atoms with E-state index in [1.807, 2.05) is 61.9 Å². The van der Waals surface area contributed by atoms with E-state index < -0.39 is 0 Å². The molecule has 0 radical (unpaired) electrons. The molecule has 0 spiro atoms. The number of amides is 1. The van der Waals surface area contributed by atoms with Crippen LogP contribution in [0.3, 0.4) is 0 Å². The highest BCUT2D eigenvalue weighted by atomic mass is 32.2. The lowest BCUT2D eigenvalue weighted by molar-refractivity contribution is -0.119. The maximum absolute atomic E-state index is 12.4. The minimum absolute atomic E-state index is 0.0273. The average Bonchev–Trinajstić information content (AvgIpc) is 3.29. The van der Waals surface area contributed by atoms with Gasteiger partial charge in [-0.3, -0.25) is 9.36 Å². The third-order valence-corrected chi connectivity index (χ3v) is 5.60. The van der Waals surface area contributed by atoms with Crippen molar-refractivity contribution in [1.29, 1.82) is 0 Å². The van der Waals surface area contributed by atoms with Crippen LogP contribution >= 0.6 is 11.8 Å². The van der Waals surface area contributed by atoms with Gasteiger partial charge in [-0.2, -0.15) is 0 Å². The van der Waals surface area contributed by atoms with Crippen LogP contribution in [0, 0.1) is 6.92 Å². The van der Waals surface area contributed by atoms with E-state index in [1.54, 1.807) is 0 Å². The van der Waals surface area contributed by atoms with Gasteiger partial charge < -0.3 is 10.3 Å². The Morgan fingerprint density at radius 1 is 1.10 bits per heavy atom. The number of benzene rings is 2. The quantitative estimate of drug-likeness (QED) is 0.459. The SMILES string of the molecule is Cc1ccccc1-n1c(SCC(=O)NC(C)(C)C)nnc1-c1c[nH]c2ccccc12. The van der Waals surface area contributed by atoms with Crippen molar-refractivity contribution in [2.75, 3.05) is 5.75 Å². The second-order valence-electron chi connectivity index (χ2n) is 8.26. The summed E-state index contributed by atoms with van der Waals surface area (Å²) < 4.78 is 2.04. The van der Waals surface area contributed by atoms with Crippen LogP contribution in [0.2, 0.25) is 0 Å². The summed E-state index contributed by atoms with van der Waals surface area (Å²) in [6.45, 7) is 7.98. The molecule has 30 heavy (non-hydrogen) atoms. The Balaban J connectivity index is 1.77. The summed E-state index contributed by atoms with van der Waals surface area (Å²) in [4.78, 5) is 15.7. The second-order valence-corrected chi connectivity index (χ2v) is 9.21. The molecule has 0 aliphatic carbocycles. The predicted octanol–water partition coefficient (Wildman–Crippen LogP) is 4.73. The number of rotatable bonds is 5. The van der Waals surface area contributed by atoms with Gasteiger partial charge in [-0.15, -0.1) is 10.2 Å². The van der Waals surface area contributed by atoms with E-state index in [0.717, 1.165) is 33.5 Å². The van der Waals surface area contributed by atoms with Crippen LogP contribution in [0.25, 0.3) is 28.0 Å². The highest BCUT2D eigenvalue weighted by Crippen LogP contribution is 2.33. The zero-order valence-electron chi connectivity index (χ0n) is 17.6. The van der Waals surface area contributed by atoms with Gasteiger partial charge in [0.15, 0.2) is 11.0 Å². The van der Waals surface area contributed by atoms with Crippen LogP contribution in [-0.2, 0) is 4.79 Å². The molecule has 0 saturated heterocycles. The van der Waals surface area contributed by atoms with Crippen molar-refractivity contribution in [3.63, 3.8) is 0 Å². The first-order chi connectivity index (χ1) is 14.3. The molecule has 154 valence electrons. The zero-order chi connectivity index (χ0) is 21.3. The normalized spacial score (nSPS) is 11.7. The van der Waals surface area contributed by atoms with Crippen molar-refractivity contribution in [2.24, 2.45) is 0 Å². The Labute approximate surface area is 180 Å². The Kier molecular flexibility index (Phi) is 5.39. The molecule has 0 atom stereocenters. The molecule has 4 aromatic rings. The number of thioether (sulfide) groups is 1. The van der Waals surface area contributed by atoms with E-state index in [-0.39, 0.29) is 17.2 Å². The lowest BCUT2D eigenvalue weighted by Gasteiger charge is -2.20. The largest absolute Gasteiger partial charge is 0.360 e. The number of aromatic nitrogens is 4. The molecule has 2 heterocycles. The molecule has 1 amide bonds. The first-order valence-corrected chi connectivity index (χ1v) is 10.8. The molecule has 0 aliphatic heterocycles. The number of H-pyrrole nitrogens is 1. The van der Waals surface area contributed by atoms with Crippen molar-refractivity contribution in [3.05, 3.63) is 60.3 Å². The van der Waals surface area contributed by atoms with Gasteiger partial charge in [-0.05, 0) is 45.4 Å². The summed E-state index contributed by atoms with van der Waals surface area (Å²) in [5.74, 6) is 0.996. The summed E-state index contributed by atoms with van der Waals surface area (Å²) in [5.41, 5.74) is 3.87. The Bertz CT molecular complexity index is 1200. The zero-order valence-corrected chi connectivity index (χ0v) is 18.4. The van der Waals surface area contributed by atoms with Gasteiger partial charge in [0.25, 0.3) is 0 Å². The van der Waals surface area contributed by atoms with Gasteiger partial charge in [-0.25, -0.2) is 0 Å². The van der Waals surface area contributed by atoms with Crippen molar-refractivity contribution in [1.82, 2.24) is 25.1 Å². The molecular weight excluding hydrogens is 394 g/mol. The van der Waals surface area contributed by atoms with Crippen LogP contribution in [0.15, 0.2) is 59.9 Å². The fourth-order valence-electron chi connectivity index (χ4n) is 3.41. The number of aryl methyl sites for hydroxylation is 1. The summed E-state index contributed by atoms with van der Waals surface area (Å²) in [6.07, 6.45) is 1.96. The fourth-order valence-corrected chi connectivity index (χ4v) is 4.16. The summed E-state index contributed by atoms with van der Waals surface area (Å²) in [5, 5.41) is 13.7. The molecule has 6 nitrogen and oxygen atoms in total. The number of hydrogen-bond donors (Lipinski definition) is 2. The van der Waals surface area contributed by atoms with E-state index in [1.165, 1.54) is 11.8 Å². The highest BCUT2D eigenvalue weighted by molar-refractivity contribution is 7.99. The van der Waals surface area contributed by atoms with E-state index in [0.29, 0.717) is 5.16 Å². The molecule has 4 rings (SSSR count). The molecule has 0 fully saturated rings. The number of carbonyl (C=O) groups is 1. The minimum atomic E-state index is -0.267. The number of hydrogen-bond acceptors (Lipinski definition) is 4. The van der Waals surface area contributed by atoms with Crippen LogP contribution in [0.5, 0.6) is 0 Å². The Hall–Kier alpha value is -3.06. The lowest BCUT2D eigenvalue weighted by Crippen LogP contribution is -2.41. The standard InChI is InChI=1S/C23H25N5OS/c1-15-9-5-8-12-19(15)28-21(17-13-24-18-11-7-6-10-16(17)18)26-27-22(28)30-14-20(29)25-23(2,3)4/h5-13,24H,14H2,1-4H3,(H,25,29). The van der Waals surface area contributed by atoms with Gasteiger partial charge >= 0.3 is 0 Å². The molecule has 7 heteroatoms. The number of para-hydroxylation sites is 2. The maximum Gasteiger partial charge on any atom is 0.230 e. The lowest BCUT2D eigenvalue weighted by atomic mass is 10.1. The highest BCUT2D eigenvalue weighted by Gasteiger charge is 2.21. The average molecular weight is 420 g/mol. The molecule has 0 bridgehead atoms. The van der Waals surface area contributed by atoms with Crippen molar-refractivity contribution in [2.45, 2.75) is 38.4 Å². The molecule has 0 aliphatic rings. The molecule has 2 aromatic heterocycles. The molecule has 2 N–H and O–H groups in total. The van der Waals surface area contributed by atoms with Crippen molar-refractivity contribution >= 4 is 28.6 Å². The second kappa shape index (κ2) is 7.99. The number of nitrogens with zero attached hydrogens (tertiary/aromatic N) is 3. The first kappa shape index (κ1) is 20.2. The fraction of sp³-hybridized carbons (Fsp3) is 0.261. The van der Waals surface area contributed by atoms with Crippen LogP contribution in [0.1, 0.15) is 26.3 Å². The predicted molar refractivity (Wildman–Crippen MR) is 122 cm³/mol. The molecular formula is C23H25N5OS. The molecule has 0 saturated carbocycles. The monoisotopic (exact) mass is 419 g/mol. The Morgan fingerprint density at radius 3 is 2.60 bits per heavy atom. The van der Waals surface area contributed by atoms with Crippen LogP contribution in [0.4, 0.5) is 0 Å². The van der Waals surface area contributed by atoms with E-state index in [4.69, 9.17) is 0 Å². The van der Waals surface area contributed by atoms with Gasteiger partial charge in [0.05, 0.1) is 11.4 Å². The van der Waals surface area contributed by atoms with E-state index in [2.05, 4.69) is 45.6 Å². The summed E-state index contributed by atoms with van der Waals surface area (Å²) >= 11 is 1.39. The third-order valence-electron chi connectivity index (χ3n) is 4.67. The maximum atomic E-state index is 12.4. The van der Waals surface area contributed by atoms with Crippen molar-refractivity contribution < 1.29 is 4.79 Å². The topological polar surface area (TPSA) is 75.6 Å². The van der Waals surface area contributed by atoms with Gasteiger partial charge in [0.2, 0.25) is 5.91 Å². The summed E-state index contributed by atoms with van der Waals surface area (Å²) in [7, 11) is 0. The number of fused-ring (bicyclic) bond motifs is 1. The first-order valence-electron chi connectivity index (χ1n) is 9.85. The van der Waals surface area contributed by atoms with Gasteiger partial charge in [-0.1, -0.05) is 48.2 Å². The van der Waals surface area contributed by atoms with Crippen LogP contribution in [-0.4, -0.2) is 36.9 Å². The van der Waals surface area contributed by atoms with Gasteiger partial charge in [0.1, 0.15) is 0 Å². The Morgan fingerprint density at radius 2 is 1.83 bits per heavy atom. The van der Waals surface area contributed by atoms with E-state index in [9.17, 15) is 4.79 Å². The number of nitrogens with one attached hydrogen (secondary N) is 2. The minimum Gasteiger partial charge on any atom is -0.360 e. The van der Waals surface area contributed by atoms with E-state index >= 15 is 0 Å². The van der Waals surface area contributed by atoms with Crippen molar-refractivity contribution in [3.8, 4) is 17.1 Å². The number of carbonyl (C=O) groups excluding carboxylic acids is 1. The van der Waals surface area contributed by atoms with Crippen LogP contribution < -0.4 is 5.32 Å². The summed E-state index contributed by atoms with van der Waals surface area (Å²) in [6, 6.07) is 16.3. The number of aromatic amines is 1. The molecule has 0 unspecified atom stereocenters.